The normalized spacial score (nSPS) is 14.3. The van der Waals surface area contributed by atoms with Gasteiger partial charge in [0.25, 0.3) is 10.1 Å². The molecule has 55 heavy (non-hydrogen) atoms. The highest BCUT2D eigenvalue weighted by Gasteiger charge is 2.27. The molecule has 0 aliphatic carbocycles. The van der Waals surface area contributed by atoms with Gasteiger partial charge >= 0.3 is 0 Å². The molecule has 0 aromatic rings. The third kappa shape index (κ3) is 40.0. The molecule has 0 bridgehead atoms. The van der Waals surface area contributed by atoms with Gasteiger partial charge in [-0.2, -0.15) is 8.42 Å². The van der Waals surface area contributed by atoms with Crippen LogP contribution in [0.25, 0.3) is 0 Å². The van der Waals surface area contributed by atoms with Crippen LogP contribution in [0, 0.1) is 0 Å². The van der Waals surface area contributed by atoms with Crippen molar-refractivity contribution in [2.24, 2.45) is 0 Å². The summed E-state index contributed by atoms with van der Waals surface area (Å²) < 4.78 is 32.6. The van der Waals surface area contributed by atoms with Crippen molar-refractivity contribution in [3.8, 4) is 0 Å². The zero-order chi connectivity index (χ0) is 40.5. The van der Waals surface area contributed by atoms with E-state index in [-0.39, 0.29) is 6.42 Å². The predicted molar refractivity (Wildman–Crippen MR) is 236 cm³/mol. The lowest BCUT2D eigenvalue weighted by Crippen LogP contribution is -2.50. The van der Waals surface area contributed by atoms with Gasteiger partial charge in [0.15, 0.2) is 0 Å². The Morgan fingerprint density at radius 2 is 0.873 bits per heavy atom. The molecule has 0 saturated carbocycles. The maximum absolute atomic E-state index is 12.6. The molecule has 0 rings (SSSR count). The molecule has 0 spiro atoms. The highest BCUT2D eigenvalue weighted by molar-refractivity contribution is 7.85. The second-order valence-corrected chi connectivity index (χ2v) is 17.0. The number of hydrogen-bond acceptors (Lipinski definition) is 5. The number of carbonyl (C=O) groups is 1. The van der Waals surface area contributed by atoms with Gasteiger partial charge in [-0.05, 0) is 70.6 Å². The van der Waals surface area contributed by atoms with Crippen LogP contribution in [0.2, 0.25) is 0 Å². The van der Waals surface area contributed by atoms with Gasteiger partial charge in [0.05, 0.1) is 17.9 Å². The Hall–Kier alpha value is -2.00. The van der Waals surface area contributed by atoms with Crippen molar-refractivity contribution in [1.29, 1.82) is 0 Å². The van der Waals surface area contributed by atoms with Gasteiger partial charge in [-0.3, -0.25) is 9.35 Å². The topological polar surface area (TPSA) is 124 Å². The SMILES string of the molecule is CCCCC/C=C\C=C/CCCCCCCCCCCC(O)C(=O)NC(CS(=O)(=O)O)C(O)/C=C/CC/C=C/CC/C=C/CCCCCCCCCCCC. The minimum atomic E-state index is -4.46. The number of allylic oxidation sites excluding steroid dienone is 9. The molecule has 1 amide bonds. The number of aliphatic hydroxyl groups excluding tert-OH is 2. The summed E-state index contributed by atoms with van der Waals surface area (Å²) in [5.74, 6) is -1.57. The number of unbranched alkanes of at least 4 members (excludes halogenated alkanes) is 24. The monoisotopic (exact) mass is 792 g/mol. The highest BCUT2D eigenvalue weighted by atomic mass is 32.2. The van der Waals surface area contributed by atoms with Crippen molar-refractivity contribution in [2.75, 3.05) is 5.75 Å². The van der Waals surface area contributed by atoms with E-state index in [2.05, 4.69) is 67.8 Å². The van der Waals surface area contributed by atoms with Gasteiger partial charge in [-0.25, -0.2) is 0 Å². The van der Waals surface area contributed by atoms with E-state index in [4.69, 9.17) is 0 Å². The molecule has 7 nitrogen and oxygen atoms in total. The van der Waals surface area contributed by atoms with E-state index in [1.165, 1.54) is 128 Å². The van der Waals surface area contributed by atoms with Crippen molar-refractivity contribution >= 4 is 16.0 Å². The van der Waals surface area contributed by atoms with Crippen LogP contribution in [0.3, 0.4) is 0 Å². The summed E-state index contributed by atoms with van der Waals surface area (Å²) in [4.78, 5) is 12.6. The van der Waals surface area contributed by atoms with Gasteiger partial charge in [0.1, 0.15) is 6.10 Å². The van der Waals surface area contributed by atoms with Crippen LogP contribution in [-0.2, 0) is 14.9 Å². The first-order valence-electron chi connectivity index (χ1n) is 22.6. The smallest absolute Gasteiger partial charge is 0.267 e. The van der Waals surface area contributed by atoms with Crippen LogP contribution in [0.5, 0.6) is 0 Å². The average Bonchev–Trinajstić information content (AvgIpc) is 3.15. The maximum Gasteiger partial charge on any atom is 0.267 e. The summed E-state index contributed by atoms with van der Waals surface area (Å²) >= 11 is 0. The van der Waals surface area contributed by atoms with Crippen LogP contribution in [0.4, 0.5) is 0 Å². The van der Waals surface area contributed by atoms with Crippen molar-refractivity contribution in [1.82, 2.24) is 5.32 Å². The summed E-state index contributed by atoms with van der Waals surface area (Å²) in [6.07, 6.45) is 52.7. The van der Waals surface area contributed by atoms with E-state index < -0.39 is 40.0 Å². The van der Waals surface area contributed by atoms with E-state index in [1.807, 2.05) is 0 Å². The Bertz CT molecular complexity index is 1110. The minimum Gasteiger partial charge on any atom is -0.387 e. The molecule has 3 unspecified atom stereocenters. The van der Waals surface area contributed by atoms with Crippen LogP contribution in [-0.4, -0.2) is 53.1 Å². The van der Waals surface area contributed by atoms with Gasteiger partial charge in [-0.1, -0.05) is 197 Å². The first-order chi connectivity index (χ1) is 26.7. The molecule has 4 N–H and O–H groups in total. The van der Waals surface area contributed by atoms with Gasteiger partial charge < -0.3 is 15.5 Å². The molecular weight excluding hydrogens is 707 g/mol. The van der Waals surface area contributed by atoms with Crippen molar-refractivity contribution in [2.45, 2.75) is 225 Å². The minimum absolute atomic E-state index is 0.263. The number of nitrogens with one attached hydrogen (secondary N) is 1. The Balaban J connectivity index is 4.07. The van der Waals surface area contributed by atoms with Crippen molar-refractivity contribution in [3.05, 3.63) is 60.8 Å². The Morgan fingerprint density at radius 1 is 0.509 bits per heavy atom. The average molecular weight is 792 g/mol. The predicted octanol–water partition coefficient (Wildman–Crippen LogP) is 12.6. The fourth-order valence-electron chi connectivity index (χ4n) is 6.54. The number of aliphatic hydroxyl groups is 2. The standard InChI is InChI=1S/C47H85NO6S/c1-3-5-7-9-11-13-15-17-19-21-23-24-26-27-29-31-33-35-37-39-41-45(49)44(43-55(52,53)54)48-47(51)46(50)42-40-38-36-34-32-30-28-25-22-20-18-16-14-12-10-8-6-4-2/h12,14,16,18,24,26,31,33,39,41,44-46,49-50H,3-11,13,15,17,19-23,25,27-30,32,34-38,40,42-43H2,1-2H3,(H,48,51)(H,52,53,54)/b14-12-,18-16-,26-24+,33-31+,41-39+. The Kier molecular flexibility index (Phi) is 38.7. The third-order valence-corrected chi connectivity index (χ3v) is 10.8. The maximum atomic E-state index is 12.6. The zero-order valence-corrected chi connectivity index (χ0v) is 36.2. The lowest BCUT2D eigenvalue weighted by atomic mass is 10.0. The molecule has 0 aliphatic rings. The lowest BCUT2D eigenvalue weighted by molar-refractivity contribution is -0.130. The summed E-state index contributed by atoms with van der Waals surface area (Å²) in [6.45, 7) is 4.49. The molecule has 0 aliphatic heterocycles. The molecule has 0 saturated heterocycles. The Labute approximate surface area is 339 Å². The summed E-state index contributed by atoms with van der Waals surface area (Å²) in [5, 5.41) is 23.4. The summed E-state index contributed by atoms with van der Waals surface area (Å²) in [5.41, 5.74) is 0. The molecule has 8 heteroatoms. The van der Waals surface area contributed by atoms with Crippen molar-refractivity contribution in [3.63, 3.8) is 0 Å². The molecule has 0 fully saturated rings. The molecule has 0 radical (unpaired) electrons. The van der Waals surface area contributed by atoms with E-state index in [0.717, 1.165) is 51.4 Å². The fourth-order valence-corrected chi connectivity index (χ4v) is 7.27. The molecule has 3 atom stereocenters. The van der Waals surface area contributed by atoms with Gasteiger partial charge in [0.2, 0.25) is 5.91 Å². The molecule has 0 heterocycles. The van der Waals surface area contributed by atoms with Crippen LogP contribution < -0.4 is 5.32 Å². The molecule has 0 aromatic carbocycles. The third-order valence-electron chi connectivity index (χ3n) is 10.0. The molecular formula is C47H85NO6S. The lowest BCUT2D eigenvalue weighted by Gasteiger charge is -2.22. The van der Waals surface area contributed by atoms with E-state index in [0.29, 0.717) is 12.8 Å². The highest BCUT2D eigenvalue weighted by Crippen LogP contribution is 2.14. The molecule has 0 aromatic heterocycles. The van der Waals surface area contributed by atoms with Crippen LogP contribution in [0.15, 0.2) is 60.8 Å². The van der Waals surface area contributed by atoms with Crippen molar-refractivity contribution < 1.29 is 28.0 Å². The number of amides is 1. The largest absolute Gasteiger partial charge is 0.387 e. The number of rotatable bonds is 40. The number of hydrogen-bond donors (Lipinski definition) is 4. The van der Waals surface area contributed by atoms with Crippen LogP contribution >= 0.6 is 0 Å². The van der Waals surface area contributed by atoms with E-state index >= 15 is 0 Å². The number of carbonyl (C=O) groups excluding carboxylic acids is 1. The summed E-state index contributed by atoms with van der Waals surface area (Å²) in [7, 11) is -4.46. The van der Waals surface area contributed by atoms with E-state index in [9.17, 15) is 28.0 Å². The summed E-state index contributed by atoms with van der Waals surface area (Å²) in [6, 6.07) is -1.26. The van der Waals surface area contributed by atoms with Gasteiger partial charge in [0, 0.05) is 0 Å². The molecule has 320 valence electrons. The fraction of sp³-hybridized carbons (Fsp3) is 0.766. The zero-order valence-electron chi connectivity index (χ0n) is 35.4. The second-order valence-electron chi connectivity index (χ2n) is 15.5. The first kappa shape index (κ1) is 53.0. The van der Waals surface area contributed by atoms with Gasteiger partial charge in [-0.15, -0.1) is 0 Å². The quantitative estimate of drug-likeness (QED) is 0.0212. The first-order valence-corrected chi connectivity index (χ1v) is 24.2. The van der Waals surface area contributed by atoms with E-state index in [1.54, 1.807) is 6.08 Å². The second kappa shape index (κ2) is 40.2. The Morgan fingerprint density at radius 3 is 1.35 bits per heavy atom. The van der Waals surface area contributed by atoms with Crippen LogP contribution in [0.1, 0.15) is 206 Å².